The van der Waals surface area contributed by atoms with Gasteiger partial charge in [0.05, 0.1) is 18.7 Å². The number of aryl methyl sites for hydroxylation is 1. The molecule has 1 fully saturated rings. The number of carbonyl (C=O) groups is 1. The molecule has 170 valence electrons. The van der Waals surface area contributed by atoms with Crippen LogP contribution in [0.25, 0.3) is 22.1 Å². The number of fused-ring (bicyclic) bond motifs is 3. The van der Waals surface area contributed by atoms with Crippen molar-refractivity contribution < 1.29 is 9.53 Å². The first kappa shape index (κ1) is 21.9. The zero-order valence-corrected chi connectivity index (χ0v) is 19.6. The summed E-state index contributed by atoms with van der Waals surface area (Å²) in [5.41, 5.74) is 5.19. The van der Waals surface area contributed by atoms with Crippen LogP contribution in [-0.4, -0.2) is 62.6 Å². The zero-order chi connectivity index (χ0) is 22.6. The number of thioether (sulfide) groups is 1. The molecular weight excluding hydrogens is 434 g/mol. The third-order valence-electron chi connectivity index (χ3n) is 5.92. The van der Waals surface area contributed by atoms with Crippen LogP contribution in [0.15, 0.2) is 53.7 Å². The van der Waals surface area contributed by atoms with E-state index in [1.165, 1.54) is 11.1 Å². The summed E-state index contributed by atoms with van der Waals surface area (Å²) in [6, 6.07) is 16.8. The minimum atomic E-state index is 0.201. The minimum absolute atomic E-state index is 0.201. The van der Waals surface area contributed by atoms with Gasteiger partial charge < -0.3 is 14.2 Å². The van der Waals surface area contributed by atoms with Crippen LogP contribution < -0.4 is 0 Å². The molecule has 33 heavy (non-hydrogen) atoms. The van der Waals surface area contributed by atoms with Crippen LogP contribution in [0.2, 0.25) is 0 Å². The maximum Gasteiger partial charge on any atom is 0.222 e. The van der Waals surface area contributed by atoms with E-state index in [-0.39, 0.29) is 5.91 Å². The predicted octanol–water partition coefficient (Wildman–Crippen LogP) is 4.07. The fourth-order valence-corrected chi connectivity index (χ4v) is 4.92. The summed E-state index contributed by atoms with van der Waals surface area (Å²) in [5, 5.41) is 10.7. The average Bonchev–Trinajstić information content (AvgIpc) is 3.15. The van der Waals surface area contributed by atoms with E-state index in [1.54, 1.807) is 11.8 Å². The molecule has 1 aliphatic rings. The number of aromatic nitrogens is 4. The molecule has 0 unspecified atom stereocenters. The van der Waals surface area contributed by atoms with Crippen LogP contribution in [0.1, 0.15) is 24.0 Å². The molecule has 0 N–H and O–H groups in total. The summed E-state index contributed by atoms with van der Waals surface area (Å²) >= 11 is 1.56. The van der Waals surface area contributed by atoms with Gasteiger partial charge >= 0.3 is 0 Å². The van der Waals surface area contributed by atoms with Crippen LogP contribution in [-0.2, 0) is 16.1 Å². The molecule has 1 amide bonds. The Hall–Kier alpha value is -2.97. The topological polar surface area (TPSA) is 73.1 Å². The number of benzene rings is 2. The Morgan fingerprint density at radius 2 is 1.91 bits per heavy atom. The van der Waals surface area contributed by atoms with E-state index in [2.05, 4.69) is 64.2 Å². The number of nitrogens with zero attached hydrogens (tertiary/aromatic N) is 5. The van der Waals surface area contributed by atoms with Crippen molar-refractivity contribution >= 4 is 39.7 Å². The standard InChI is InChI=1S/C25H27N5O2S/c1-18-9-10-21-20(16-18)23-24(30(21)17-19-6-3-2-4-7-19)26-25(28-27-23)33-15-5-8-22(31)29-11-13-32-14-12-29/h2-4,6-7,9-10,16H,5,8,11-15,17H2,1H3. The van der Waals surface area contributed by atoms with Crippen molar-refractivity contribution in [2.75, 3.05) is 32.1 Å². The van der Waals surface area contributed by atoms with Gasteiger partial charge in [0.25, 0.3) is 0 Å². The van der Waals surface area contributed by atoms with Gasteiger partial charge in [-0.2, -0.15) is 0 Å². The van der Waals surface area contributed by atoms with Crippen molar-refractivity contribution in [2.45, 2.75) is 31.5 Å². The molecule has 1 aliphatic heterocycles. The Balaban J connectivity index is 1.34. The van der Waals surface area contributed by atoms with Gasteiger partial charge in [-0.1, -0.05) is 53.7 Å². The molecule has 0 bridgehead atoms. The first-order chi connectivity index (χ1) is 16.2. The second-order valence-electron chi connectivity index (χ2n) is 8.30. The summed E-state index contributed by atoms with van der Waals surface area (Å²) in [5.74, 6) is 0.980. The van der Waals surface area contributed by atoms with E-state index in [1.807, 2.05) is 11.0 Å². The van der Waals surface area contributed by atoms with Gasteiger partial charge in [0.1, 0.15) is 5.52 Å². The summed E-state index contributed by atoms with van der Waals surface area (Å²) in [6.07, 6.45) is 1.32. The highest BCUT2D eigenvalue weighted by molar-refractivity contribution is 7.99. The molecule has 0 spiro atoms. The van der Waals surface area contributed by atoms with E-state index < -0.39 is 0 Å². The highest BCUT2D eigenvalue weighted by Crippen LogP contribution is 2.29. The third kappa shape index (κ3) is 4.86. The lowest BCUT2D eigenvalue weighted by atomic mass is 10.1. The fraction of sp³-hybridized carbons (Fsp3) is 0.360. The Morgan fingerprint density at radius 1 is 1.09 bits per heavy atom. The highest BCUT2D eigenvalue weighted by Gasteiger charge is 2.17. The molecule has 7 nitrogen and oxygen atoms in total. The van der Waals surface area contributed by atoms with Crippen molar-refractivity contribution in [2.24, 2.45) is 0 Å². The molecule has 2 aromatic heterocycles. The van der Waals surface area contributed by atoms with Gasteiger partial charge in [0, 0.05) is 37.2 Å². The van der Waals surface area contributed by atoms with Crippen molar-refractivity contribution in [1.29, 1.82) is 0 Å². The minimum Gasteiger partial charge on any atom is -0.378 e. The molecule has 3 heterocycles. The normalized spacial score (nSPS) is 14.3. The first-order valence-corrected chi connectivity index (χ1v) is 12.3. The number of carbonyl (C=O) groups excluding carboxylic acids is 1. The molecule has 2 aromatic carbocycles. The Bertz CT molecular complexity index is 1270. The van der Waals surface area contributed by atoms with Gasteiger partial charge in [-0.05, 0) is 31.0 Å². The maximum atomic E-state index is 12.3. The van der Waals surface area contributed by atoms with Crippen LogP contribution in [0.3, 0.4) is 0 Å². The smallest absolute Gasteiger partial charge is 0.222 e. The number of amides is 1. The highest BCUT2D eigenvalue weighted by atomic mass is 32.2. The number of hydrogen-bond acceptors (Lipinski definition) is 6. The molecule has 8 heteroatoms. The molecular formula is C25H27N5O2S. The Kier molecular flexibility index (Phi) is 6.55. The first-order valence-electron chi connectivity index (χ1n) is 11.3. The quantitative estimate of drug-likeness (QED) is 0.305. The van der Waals surface area contributed by atoms with E-state index in [4.69, 9.17) is 9.72 Å². The lowest BCUT2D eigenvalue weighted by Crippen LogP contribution is -2.40. The maximum absolute atomic E-state index is 12.3. The van der Waals surface area contributed by atoms with Gasteiger partial charge in [-0.25, -0.2) is 4.98 Å². The van der Waals surface area contributed by atoms with Crippen LogP contribution >= 0.6 is 11.8 Å². The number of ether oxygens (including phenoxy) is 1. The van der Waals surface area contributed by atoms with E-state index in [0.717, 1.165) is 40.8 Å². The summed E-state index contributed by atoms with van der Waals surface area (Å²) in [7, 11) is 0. The predicted molar refractivity (Wildman–Crippen MR) is 130 cm³/mol. The van der Waals surface area contributed by atoms with Crippen molar-refractivity contribution in [3.63, 3.8) is 0 Å². The molecule has 4 aromatic rings. The zero-order valence-electron chi connectivity index (χ0n) is 18.7. The number of hydrogen-bond donors (Lipinski definition) is 0. The Morgan fingerprint density at radius 3 is 2.73 bits per heavy atom. The summed E-state index contributed by atoms with van der Waals surface area (Å²) in [6.45, 7) is 5.47. The van der Waals surface area contributed by atoms with E-state index in [9.17, 15) is 4.79 Å². The average molecular weight is 462 g/mol. The molecule has 0 radical (unpaired) electrons. The summed E-state index contributed by atoms with van der Waals surface area (Å²) < 4.78 is 7.54. The fourth-order valence-electron chi connectivity index (χ4n) is 4.20. The van der Waals surface area contributed by atoms with Crippen LogP contribution in [0, 0.1) is 6.92 Å². The van der Waals surface area contributed by atoms with Gasteiger partial charge in [-0.3, -0.25) is 4.79 Å². The van der Waals surface area contributed by atoms with Gasteiger partial charge in [0.15, 0.2) is 5.65 Å². The lowest BCUT2D eigenvalue weighted by Gasteiger charge is -2.26. The SMILES string of the molecule is Cc1ccc2c(c1)c1nnc(SCCCC(=O)N3CCOCC3)nc1n2Cc1ccccc1. The number of morpholine rings is 1. The lowest BCUT2D eigenvalue weighted by molar-refractivity contribution is -0.135. The summed E-state index contributed by atoms with van der Waals surface area (Å²) in [4.78, 5) is 19.1. The Labute approximate surface area is 197 Å². The van der Waals surface area contributed by atoms with Crippen molar-refractivity contribution in [3.05, 3.63) is 59.7 Å². The molecule has 1 saturated heterocycles. The van der Waals surface area contributed by atoms with Gasteiger partial charge in [0.2, 0.25) is 11.1 Å². The molecule has 0 saturated carbocycles. The third-order valence-corrected chi connectivity index (χ3v) is 6.84. The monoisotopic (exact) mass is 461 g/mol. The van der Waals surface area contributed by atoms with E-state index in [0.29, 0.717) is 37.9 Å². The second kappa shape index (κ2) is 9.89. The molecule has 0 aliphatic carbocycles. The van der Waals surface area contributed by atoms with Crippen molar-refractivity contribution in [3.8, 4) is 0 Å². The van der Waals surface area contributed by atoms with Crippen LogP contribution in [0.4, 0.5) is 0 Å². The molecule has 5 rings (SSSR count). The van der Waals surface area contributed by atoms with Crippen molar-refractivity contribution in [1.82, 2.24) is 24.6 Å². The van der Waals surface area contributed by atoms with Crippen LogP contribution in [0.5, 0.6) is 0 Å². The largest absolute Gasteiger partial charge is 0.378 e. The van der Waals surface area contributed by atoms with Gasteiger partial charge in [-0.15, -0.1) is 10.2 Å². The molecule has 0 atom stereocenters. The number of rotatable bonds is 7. The second-order valence-corrected chi connectivity index (χ2v) is 9.37. The van der Waals surface area contributed by atoms with E-state index >= 15 is 0 Å².